The van der Waals surface area contributed by atoms with E-state index in [1.165, 1.54) is 23.1 Å². The molecule has 28 heavy (non-hydrogen) atoms. The number of hydrogen-bond acceptors (Lipinski definition) is 4. The molecule has 0 amide bonds. The summed E-state index contributed by atoms with van der Waals surface area (Å²) in [6.45, 7) is 6.32. The van der Waals surface area contributed by atoms with E-state index in [2.05, 4.69) is 43.0 Å². The Morgan fingerprint density at radius 2 is 1.75 bits per heavy atom. The van der Waals surface area contributed by atoms with Gasteiger partial charge in [0.05, 0.1) is 13.2 Å². The summed E-state index contributed by atoms with van der Waals surface area (Å²) in [6.07, 6.45) is 10.4. The van der Waals surface area contributed by atoms with E-state index in [1.807, 2.05) is 0 Å². The number of allylic oxidation sites excluding steroid dienone is 2. The topological polar surface area (TPSA) is 69.7 Å². The molecule has 4 heteroatoms. The molecule has 1 saturated carbocycles. The Labute approximate surface area is 170 Å². The molecule has 0 atom stereocenters. The minimum absolute atomic E-state index is 0.160. The molecule has 0 bridgehead atoms. The molecule has 1 fully saturated rings. The summed E-state index contributed by atoms with van der Waals surface area (Å²) in [5, 5.41) is 18.6. The largest absolute Gasteiger partial charge is 0.398 e. The summed E-state index contributed by atoms with van der Waals surface area (Å²) >= 11 is 0. The second kappa shape index (κ2) is 9.43. The lowest BCUT2D eigenvalue weighted by molar-refractivity contribution is 0.0975. The normalized spacial score (nSPS) is 25.0. The zero-order valence-electron chi connectivity index (χ0n) is 17.7. The lowest BCUT2D eigenvalue weighted by Crippen LogP contribution is -2.41. The van der Waals surface area contributed by atoms with Crippen molar-refractivity contribution in [3.8, 4) is 0 Å². The third-order valence-electron chi connectivity index (χ3n) is 6.85. The molecule has 0 aromatic heterocycles. The fourth-order valence-corrected chi connectivity index (χ4v) is 4.94. The van der Waals surface area contributed by atoms with Gasteiger partial charge >= 0.3 is 0 Å². The summed E-state index contributed by atoms with van der Waals surface area (Å²) in [4.78, 5) is 2.25. The van der Waals surface area contributed by atoms with Gasteiger partial charge in [0.1, 0.15) is 0 Å². The number of anilines is 1. The monoisotopic (exact) mass is 386 g/mol. The lowest BCUT2D eigenvalue weighted by atomic mass is 9.76. The van der Waals surface area contributed by atoms with E-state index in [0.717, 1.165) is 44.2 Å². The van der Waals surface area contributed by atoms with E-state index >= 15 is 0 Å². The Hall–Kier alpha value is -1.36. The van der Waals surface area contributed by atoms with Crippen molar-refractivity contribution < 1.29 is 10.2 Å². The standard InChI is InChI=1S/C24H38N2O2/c1-24(2)11-9-19(10-12-24)22-17-20(5-8-23(22)25)18-3-6-21(7-4-18)26(13-15-27)14-16-28/h5,8-9,17-18,21,27-28H,3-4,6-7,10-16,25H2,1-2H3. The summed E-state index contributed by atoms with van der Waals surface area (Å²) in [5.74, 6) is 0.585. The average molecular weight is 387 g/mol. The third kappa shape index (κ3) is 5.16. The number of nitrogens with two attached hydrogens (primary N) is 1. The van der Waals surface area contributed by atoms with E-state index < -0.39 is 0 Å². The summed E-state index contributed by atoms with van der Waals surface area (Å²) in [5.41, 5.74) is 11.7. The molecule has 156 valence electrons. The van der Waals surface area contributed by atoms with Crippen LogP contribution in [-0.2, 0) is 0 Å². The van der Waals surface area contributed by atoms with Crippen molar-refractivity contribution in [2.75, 3.05) is 32.0 Å². The molecule has 4 nitrogen and oxygen atoms in total. The highest BCUT2D eigenvalue weighted by Crippen LogP contribution is 2.41. The number of nitrogens with zero attached hydrogens (tertiary/aromatic N) is 1. The van der Waals surface area contributed by atoms with Gasteiger partial charge in [-0.15, -0.1) is 0 Å². The van der Waals surface area contributed by atoms with Gasteiger partial charge < -0.3 is 15.9 Å². The highest BCUT2D eigenvalue weighted by atomic mass is 16.3. The maximum atomic E-state index is 9.30. The maximum absolute atomic E-state index is 9.30. The Morgan fingerprint density at radius 3 is 2.32 bits per heavy atom. The lowest BCUT2D eigenvalue weighted by Gasteiger charge is -2.36. The van der Waals surface area contributed by atoms with Gasteiger partial charge in [0.15, 0.2) is 0 Å². The van der Waals surface area contributed by atoms with Gasteiger partial charge in [-0.1, -0.05) is 26.0 Å². The van der Waals surface area contributed by atoms with E-state index in [9.17, 15) is 10.2 Å². The Bertz CT molecular complexity index is 669. The Kier molecular flexibility index (Phi) is 7.19. The molecule has 2 aliphatic rings. The van der Waals surface area contributed by atoms with Gasteiger partial charge in [0, 0.05) is 30.4 Å². The van der Waals surface area contributed by atoms with Crippen LogP contribution in [0.15, 0.2) is 24.3 Å². The second-order valence-corrected chi connectivity index (χ2v) is 9.43. The Morgan fingerprint density at radius 1 is 1.07 bits per heavy atom. The first kappa shape index (κ1) is 21.4. The molecule has 0 heterocycles. The highest BCUT2D eigenvalue weighted by Gasteiger charge is 2.27. The van der Waals surface area contributed by atoms with Crippen LogP contribution in [0.5, 0.6) is 0 Å². The predicted octanol–water partition coefficient (Wildman–Crippen LogP) is 4.18. The van der Waals surface area contributed by atoms with Gasteiger partial charge in [-0.05, 0) is 79.5 Å². The minimum Gasteiger partial charge on any atom is -0.398 e. The second-order valence-electron chi connectivity index (χ2n) is 9.43. The Balaban J connectivity index is 1.68. The maximum Gasteiger partial charge on any atom is 0.0558 e. The fourth-order valence-electron chi connectivity index (χ4n) is 4.94. The number of benzene rings is 1. The molecule has 0 aliphatic heterocycles. The SMILES string of the molecule is CC1(C)CC=C(c2cc(C3CCC(N(CCO)CCO)CC3)ccc2N)CC1. The molecule has 0 radical (unpaired) electrons. The zero-order chi connectivity index (χ0) is 20.1. The van der Waals surface area contributed by atoms with Crippen LogP contribution in [0.4, 0.5) is 5.69 Å². The number of aliphatic hydroxyl groups excluding tert-OH is 2. The van der Waals surface area contributed by atoms with Crippen LogP contribution in [0.1, 0.15) is 75.8 Å². The summed E-state index contributed by atoms with van der Waals surface area (Å²) < 4.78 is 0. The van der Waals surface area contributed by atoms with Crippen molar-refractivity contribution in [2.45, 2.75) is 70.8 Å². The summed E-state index contributed by atoms with van der Waals surface area (Å²) in [7, 11) is 0. The molecule has 3 rings (SSSR count). The highest BCUT2D eigenvalue weighted by molar-refractivity contribution is 5.76. The molecule has 1 aromatic rings. The van der Waals surface area contributed by atoms with Gasteiger partial charge in [0.2, 0.25) is 0 Å². The molecule has 1 aromatic carbocycles. The van der Waals surface area contributed by atoms with Gasteiger partial charge in [0.25, 0.3) is 0 Å². The number of rotatable bonds is 7. The number of hydrogen-bond donors (Lipinski definition) is 3. The van der Waals surface area contributed by atoms with Crippen LogP contribution in [0.25, 0.3) is 5.57 Å². The van der Waals surface area contributed by atoms with Crippen molar-refractivity contribution in [2.24, 2.45) is 5.41 Å². The molecular weight excluding hydrogens is 348 g/mol. The first-order chi connectivity index (χ1) is 13.4. The molecular formula is C24H38N2O2. The van der Waals surface area contributed by atoms with Crippen LogP contribution < -0.4 is 5.73 Å². The molecule has 4 N–H and O–H groups in total. The number of nitrogen functional groups attached to an aromatic ring is 1. The zero-order valence-corrected chi connectivity index (χ0v) is 17.7. The first-order valence-corrected chi connectivity index (χ1v) is 11.0. The molecule has 0 unspecified atom stereocenters. The molecule has 0 spiro atoms. The van der Waals surface area contributed by atoms with Crippen LogP contribution in [0, 0.1) is 5.41 Å². The van der Waals surface area contributed by atoms with Gasteiger partial charge in [-0.25, -0.2) is 0 Å². The van der Waals surface area contributed by atoms with Crippen molar-refractivity contribution in [3.05, 3.63) is 35.4 Å². The third-order valence-corrected chi connectivity index (χ3v) is 6.85. The van der Waals surface area contributed by atoms with Gasteiger partial charge in [-0.3, -0.25) is 4.90 Å². The fraction of sp³-hybridized carbons (Fsp3) is 0.667. The van der Waals surface area contributed by atoms with E-state index in [-0.39, 0.29) is 13.2 Å². The number of aliphatic hydroxyl groups is 2. The first-order valence-electron chi connectivity index (χ1n) is 11.0. The predicted molar refractivity (Wildman–Crippen MR) is 117 cm³/mol. The van der Waals surface area contributed by atoms with Crippen LogP contribution in [0.3, 0.4) is 0 Å². The van der Waals surface area contributed by atoms with E-state index in [0.29, 0.717) is 30.5 Å². The quantitative estimate of drug-likeness (QED) is 0.615. The van der Waals surface area contributed by atoms with Crippen LogP contribution in [-0.4, -0.2) is 47.5 Å². The van der Waals surface area contributed by atoms with Gasteiger partial charge in [-0.2, -0.15) is 0 Å². The van der Waals surface area contributed by atoms with E-state index in [1.54, 1.807) is 0 Å². The molecule has 0 saturated heterocycles. The molecule has 2 aliphatic carbocycles. The van der Waals surface area contributed by atoms with Crippen molar-refractivity contribution >= 4 is 11.3 Å². The smallest absolute Gasteiger partial charge is 0.0558 e. The van der Waals surface area contributed by atoms with Crippen LogP contribution in [0.2, 0.25) is 0 Å². The van der Waals surface area contributed by atoms with Crippen molar-refractivity contribution in [3.63, 3.8) is 0 Å². The van der Waals surface area contributed by atoms with Crippen molar-refractivity contribution in [1.82, 2.24) is 4.90 Å². The van der Waals surface area contributed by atoms with Crippen molar-refractivity contribution in [1.29, 1.82) is 0 Å². The minimum atomic E-state index is 0.160. The summed E-state index contributed by atoms with van der Waals surface area (Å²) in [6, 6.07) is 7.15. The van der Waals surface area contributed by atoms with E-state index in [4.69, 9.17) is 5.73 Å². The van der Waals surface area contributed by atoms with Crippen LogP contribution >= 0.6 is 0 Å². The average Bonchev–Trinajstić information content (AvgIpc) is 2.69.